The van der Waals surface area contributed by atoms with Crippen LogP contribution in [0.25, 0.3) is 0 Å². The van der Waals surface area contributed by atoms with E-state index >= 15 is 0 Å². The van der Waals surface area contributed by atoms with Gasteiger partial charge in [-0.15, -0.1) is 0 Å². The predicted molar refractivity (Wildman–Crippen MR) is 412 cm³/mol. The highest BCUT2D eigenvalue weighted by Crippen LogP contribution is 2.17. The summed E-state index contributed by atoms with van der Waals surface area (Å²) in [5, 5.41) is 0. The average Bonchev–Trinajstić information content (AvgIpc) is 0.902. The van der Waals surface area contributed by atoms with Crippen molar-refractivity contribution >= 4 is 119 Å². The van der Waals surface area contributed by atoms with Crippen molar-refractivity contribution in [2.75, 3.05) is 34.0 Å². The molecule has 119 heavy (non-hydrogen) atoms. The molecule has 0 amide bonds. The number of ether oxygens (including phenoxy) is 20. The van der Waals surface area contributed by atoms with Gasteiger partial charge >= 0.3 is 119 Å². The summed E-state index contributed by atoms with van der Waals surface area (Å²) in [6, 6.07) is 13.9. The molecule has 0 bridgehead atoms. The van der Waals surface area contributed by atoms with Crippen molar-refractivity contribution < 1.29 is 191 Å². The number of carbonyl (C=O) groups is 20. The molecule has 0 fully saturated rings. The van der Waals surface area contributed by atoms with Gasteiger partial charge in [-0.3, -0.25) is 86.3 Å². The summed E-state index contributed by atoms with van der Waals surface area (Å²) >= 11 is 0. The first-order valence-corrected chi connectivity index (χ1v) is 36.2. The first-order chi connectivity index (χ1) is 54.7. The van der Waals surface area contributed by atoms with Gasteiger partial charge in [0.05, 0.1) is 22.0 Å². The number of carbonyl (C=O) groups excluding carboxylic acids is 20. The Hall–Kier alpha value is -12.2. The molecule has 0 aliphatic carbocycles. The summed E-state index contributed by atoms with van der Waals surface area (Å²) in [7, 11) is 0. The van der Waals surface area contributed by atoms with Gasteiger partial charge in [-0.1, -0.05) is 63.1 Å². The zero-order valence-electron chi connectivity index (χ0n) is 73.6. The van der Waals surface area contributed by atoms with Gasteiger partial charge in [-0.05, 0) is 92.5 Å². The zero-order chi connectivity index (χ0) is 94.3. The molecule has 4 unspecified atom stereocenters. The fraction of sp³-hybridized carbons (Fsp3) is 0.595. The standard InChI is InChI=1S/C12H14O4.C11H12O4.C9H16O4.2C8H14O4.2C7H12O4.2C6H10O4.C5H8O4/c1-8-4-6-11(7-5-8)12(14)16-10(3)15-9(2)13;1-8-3-5-10(6-4-8)11(13)15-7-14-9(2)12;1-6(10)12-7(2)13-8(11)9(3,4)5;1-6(9)11-5-12-7(10)8(2,3)4;1-4-5-8(10)12-7(3)11-6(2)9;1-4-7(9)11-6(3)10-5(2)8;1-3-4-7(9)11-5-10-6(2)8;1-4(7)9-6(3)10-5(2)8;1-3-6(8)10-4-9-5(2)7;1-4(6)8-3-9-5(2)7/h4-7,10H,1-3H3;3-6H,7H2,1-2H3;7H,1-5H3;5H2,1-4H3;7H,4-5H2,1-3H3;6H,4H2,1-3H3;3-5H2,1-2H3;6H,1-3H3;3-4H2,1-2H3;3H2,1-2H3. The van der Waals surface area contributed by atoms with Crippen LogP contribution in [0.5, 0.6) is 0 Å². The Morgan fingerprint density at radius 2 is 0.487 bits per heavy atom. The molecule has 2 aromatic carbocycles. The summed E-state index contributed by atoms with van der Waals surface area (Å²) in [6.45, 7) is 42.3. The van der Waals surface area contributed by atoms with Gasteiger partial charge in [0.15, 0.2) is 0 Å². The summed E-state index contributed by atoms with van der Waals surface area (Å²) < 4.78 is 90.9. The van der Waals surface area contributed by atoms with Crippen LogP contribution < -0.4 is 0 Å². The maximum atomic E-state index is 11.5. The minimum atomic E-state index is -0.869. The van der Waals surface area contributed by atoms with Gasteiger partial charge in [-0.25, -0.2) is 9.59 Å². The highest BCUT2D eigenvalue weighted by Gasteiger charge is 2.26. The molecule has 0 N–H and O–H groups in total. The Bertz CT molecular complexity index is 3360. The van der Waals surface area contributed by atoms with Crippen molar-refractivity contribution in [3.05, 3.63) is 70.8 Å². The minimum absolute atomic E-state index is 0.270. The summed E-state index contributed by atoms with van der Waals surface area (Å²) in [5.74, 6) is -8.77. The van der Waals surface area contributed by atoms with E-state index in [4.69, 9.17) is 18.9 Å². The number of hydrogen-bond donors (Lipinski definition) is 0. The molecule has 0 heterocycles. The Morgan fingerprint density at radius 1 is 0.252 bits per heavy atom. The lowest BCUT2D eigenvalue weighted by molar-refractivity contribution is -0.190. The molecule has 4 atom stereocenters. The van der Waals surface area contributed by atoms with E-state index < -0.39 is 126 Å². The molecule has 0 aliphatic rings. The van der Waals surface area contributed by atoms with Crippen LogP contribution in [0.15, 0.2) is 48.5 Å². The molecule has 0 saturated heterocycles. The number of esters is 20. The van der Waals surface area contributed by atoms with Crippen LogP contribution in [0.4, 0.5) is 0 Å². The fourth-order valence-corrected chi connectivity index (χ4v) is 5.73. The van der Waals surface area contributed by atoms with E-state index in [9.17, 15) is 95.9 Å². The number of benzene rings is 2. The van der Waals surface area contributed by atoms with Gasteiger partial charge < -0.3 is 94.7 Å². The van der Waals surface area contributed by atoms with E-state index in [0.717, 1.165) is 24.0 Å². The molecule has 0 saturated carbocycles. The first-order valence-electron chi connectivity index (χ1n) is 36.2. The molecule has 2 rings (SSSR count). The molecule has 0 aromatic heterocycles. The number of aryl methyl sites for hydroxylation is 2. The van der Waals surface area contributed by atoms with Crippen LogP contribution in [-0.2, 0) is 181 Å². The maximum Gasteiger partial charge on any atom is 0.341 e. The van der Waals surface area contributed by atoms with Crippen LogP contribution in [0.2, 0.25) is 0 Å². The largest absolute Gasteiger partial charge is 0.428 e. The molecule has 40 nitrogen and oxygen atoms in total. The molecular weight excluding hydrogens is 1590 g/mol. The SMILES string of the molecule is CC(=O)OC(C)OC(=O)C(C)(C)C.CC(=O)OC(C)OC(=O)c1ccc(C)cc1.CC(=O)OC(C)OC(C)=O.CC(=O)OCOC(=O)C(C)(C)C.CC(=O)OCOC(=O)c1ccc(C)cc1.CC(=O)OCOC(C)=O.CCC(=O)OC(C)OC(C)=O.CCC(=O)OCOC(C)=O.CCCC(=O)OC(C)OC(C)=O.CCCC(=O)OCOC(C)=O. The van der Waals surface area contributed by atoms with Gasteiger partial charge in [0, 0.05) is 143 Å². The van der Waals surface area contributed by atoms with E-state index in [-0.39, 0.29) is 76.2 Å². The van der Waals surface area contributed by atoms with Crippen LogP contribution in [-0.4, -0.2) is 185 Å². The van der Waals surface area contributed by atoms with Crippen LogP contribution in [0.1, 0.15) is 257 Å². The highest BCUT2D eigenvalue weighted by molar-refractivity contribution is 5.90. The first kappa shape index (κ1) is 123. The van der Waals surface area contributed by atoms with Crippen LogP contribution in [0.3, 0.4) is 0 Å². The van der Waals surface area contributed by atoms with E-state index in [1.165, 1.54) is 118 Å². The lowest BCUT2D eigenvalue weighted by atomic mass is 9.97. The normalized spacial score (nSPS) is 10.5. The third-order valence-electron chi connectivity index (χ3n) is 10.8. The van der Waals surface area contributed by atoms with Gasteiger partial charge in [-0.2, -0.15) is 0 Å². The zero-order valence-corrected chi connectivity index (χ0v) is 73.6. The molecule has 2 aromatic rings. The lowest BCUT2D eigenvalue weighted by Crippen LogP contribution is -2.29. The Balaban J connectivity index is -0.000000193. The van der Waals surface area contributed by atoms with Gasteiger partial charge in [0.2, 0.25) is 65.4 Å². The van der Waals surface area contributed by atoms with Gasteiger partial charge in [0.25, 0.3) is 0 Å². The Morgan fingerprint density at radius 3 is 0.765 bits per heavy atom. The molecular formula is C79H122O40. The minimum Gasteiger partial charge on any atom is -0.428 e. The van der Waals surface area contributed by atoms with Crippen LogP contribution >= 0.6 is 0 Å². The number of hydrogen-bond acceptors (Lipinski definition) is 40. The Kier molecular flexibility index (Phi) is 75.6. The maximum absolute atomic E-state index is 11.5. The van der Waals surface area contributed by atoms with Crippen molar-refractivity contribution in [2.45, 2.75) is 271 Å². The van der Waals surface area contributed by atoms with Crippen LogP contribution in [0, 0.1) is 24.7 Å². The molecule has 0 radical (unpaired) electrons. The fourth-order valence-electron chi connectivity index (χ4n) is 5.73. The summed E-state index contributed by atoms with van der Waals surface area (Å²) in [4.78, 5) is 211. The second-order valence-corrected chi connectivity index (χ2v) is 25.0. The second-order valence-electron chi connectivity index (χ2n) is 25.0. The van der Waals surface area contributed by atoms with E-state index in [1.54, 1.807) is 79.7 Å². The average molecular weight is 1710 g/mol. The predicted octanol–water partition coefficient (Wildman–Crippen LogP) is 10.2. The summed E-state index contributed by atoms with van der Waals surface area (Å²) in [5.41, 5.74) is 1.86. The molecule has 40 heteroatoms. The molecule has 0 spiro atoms. The van der Waals surface area contributed by atoms with Crippen molar-refractivity contribution in [3.8, 4) is 0 Å². The van der Waals surface area contributed by atoms with Crippen molar-refractivity contribution in [1.29, 1.82) is 0 Å². The van der Waals surface area contributed by atoms with Gasteiger partial charge in [0.1, 0.15) is 0 Å². The number of rotatable bonds is 28. The topological polar surface area (TPSA) is 526 Å². The third kappa shape index (κ3) is 98.1. The van der Waals surface area contributed by atoms with Crippen molar-refractivity contribution in [3.63, 3.8) is 0 Å². The quantitative estimate of drug-likeness (QED) is 0.0434. The highest BCUT2D eigenvalue weighted by atomic mass is 16.8. The second kappa shape index (κ2) is 73.5. The van der Waals surface area contributed by atoms with E-state index in [0.29, 0.717) is 30.4 Å². The molecule has 0 aliphatic heterocycles. The lowest BCUT2D eigenvalue weighted by Gasteiger charge is -2.20. The van der Waals surface area contributed by atoms with Crippen molar-refractivity contribution in [2.24, 2.45) is 10.8 Å². The Labute approximate surface area is 693 Å². The third-order valence-corrected chi connectivity index (χ3v) is 10.8. The van der Waals surface area contributed by atoms with Crippen molar-refractivity contribution in [1.82, 2.24) is 0 Å². The summed E-state index contributed by atoms with van der Waals surface area (Å²) in [6.07, 6.45) is -1.27. The molecule has 678 valence electrons. The van der Waals surface area contributed by atoms with E-state index in [1.807, 2.05) is 52.0 Å². The monoisotopic (exact) mass is 1710 g/mol. The van der Waals surface area contributed by atoms with E-state index in [2.05, 4.69) is 75.8 Å². The smallest absolute Gasteiger partial charge is 0.341 e.